The number of carbonyl (C=O) groups is 2. The molecule has 0 spiro atoms. The van der Waals surface area contributed by atoms with Gasteiger partial charge in [-0.2, -0.15) is 5.10 Å². The van der Waals surface area contributed by atoms with E-state index in [0.29, 0.717) is 6.54 Å². The number of hydrogen-bond donors (Lipinski definition) is 1. The second-order valence-corrected chi connectivity index (χ2v) is 7.37. The number of hydrazone groups is 1. The number of benzene rings is 2. The van der Waals surface area contributed by atoms with E-state index in [1.165, 1.54) is 5.01 Å². The Hall–Kier alpha value is -3.80. The fourth-order valence-corrected chi connectivity index (χ4v) is 3.61. The minimum absolute atomic E-state index is 0.111. The van der Waals surface area contributed by atoms with Crippen LogP contribution in [0.25, 0.3) is 0 Å². The summed E-state index contributed by atoms with van der Waals surface area (Å²) < 4.78 is 0. The Bertz CT molecular complexity index is 1010. The lowest BCUT2D eigenvalue weighted by Gasteiger charge is -2.20. The molecule has 0 saturated heterocycles. The molecule has 6 nitrogen and oxygen atoms in total. The van der Waals surface area contributed by atoms with Crippen molar-refractivity contribution in [2.24, 2.45) is 5.10 Å². The van der Waals surface area contributed by atoms with Gasteiger partial charge in [0, 0.05) is 31.7 Å². The number of hydrogen-bond acceptors (Lipinski definition) is 4. The Morgan fingerprint density at radius 1 is 0.871 bits per heavy atom. The van der Waals surface area contributed by atoms with E-state index in [1.807, 2.05) is 72.8 Å². The van der Waals surface area contributed by atoms with Gasteiger partial charge < -0.3 is 5.32 Å². The van der Waals surface area contributed by atoms with E-state index in [0.717, 1.165) is 28.8 Å². The molecule has 1 N–H and O–H groups in total. The van der Waals surface area contributed by atoms with Crippen LogP contribution >= 0.6 is 0 Å². The molecule has 0 aliphatic carbocycles. The van der Waals surface area contributed by atoms with Crippen LogP contribution in [-0.2, 0) is 9.59 Å². The molecule has 31 heavy (non-hydrogen) atoms. The Balaban J connectivity index is 1.37. The highest BCUT2D eigenvalue weighted by atomic mass is 16.2. The monoisotopic (exact) mass is 412 g/mol. The summed E-state index contributed by atoms with van der Waals surface area (Å²) in [4.78, 5) is 29.3. The van der Waals surface area contributed by atoms with Gasteiger partial charge in [0.15, 0.2) is 0 Å². The second-order valence-electron chi connectivity index (χ2n) is 7.37. The smallest absolute Gasteiger partial charge is 0.243 e. The van der Waals surface area contributed by atoms with Crippen molar-refractivity contribution in [3.63, 3.8) is 0 Å². The van der Waals surface area contributed by atoms with Crippen molar-refractivity contribution in [3.8, 4) is 0 Å². The van der Waals surface area contributed by atoms with Crippen molar-refractivity contribution in [3.05, 3.63) is 102 Å². The molecule has 0 fully saturated rings. The number of nitrogens with one attached hydrogen (secondary N) is 1. The normalized spacial score (nSPS) is 14.1. The molecule has 1 aliphatic heterocycles. The van der Waals surface area contributed by atoms with Crippen molar-refractivity contribution in [1.82, 2.24) is 15.3 Å². The maximum absolute atomic E-state index is 12.7. The van der Waals surface area contributed by atoms with Crippen LogP contribution in [-0.4, -0.2) is 34.1 Å². The summed E-state index contributed by atoms with van der Waals surface area (Å²) in [6, 6.07) is 23.1. The van der Waals surface area contributed by atoms with Crippen LogP contribution < -0.4 is 5.32 Å². The molecule has 156 valence electrons. The molecule has 1 unspecified atom stereocenters. The fraction of sp³-hybridized carbons (Fsp3) is 0.200. The number of nitrogens with zero attached hydrogens (tertiary/aromatic N) is 3. The van der Waals surface area contributed by atoms with Crippen molar-refractivity contribution in [2.45, 2.75) is 25.3 Å². The largest absolute Gasteiger partial charge is 0.345 e. The summed E-state index contributed by atoms with van der Waals surface area (Å²) >= 11 is 0. The molecular weight excluding hydrogens is 388 g/mol. The maximum atomic E-state index is 12.7. The van der Waals surface area contributed by atoms with Crippen molar-refractivity contribution >= 4 is 17.5 Å². The third-order valence-corrected chi connectivity index (χ3v) is 5.24. The van der Waals surface area contributed by atoms with Gasteiger partial charge in [0.2, 0.25) is 11.8 Å². The van der Waals surface area contributed by atoms with Gasteiger partial charge >= 0.3 is 0 Å². The summed E-state index contributed by atoms with van der Waals surface area (Å²) in [6.45, 7) is 0.550. The predicted molar refractivity (Wildman–Crippen MR) is 119 cm³/mol. The van der Waals surface area contributed by atoms with E-state index in [-0.39, 0.29) is 30.7 Å². The number of rotatable bonds is 7. The summed E-state index contributed by atoms with van der Waals surface area (Å²) in [5, 5.41) is 8.99. The molecule has 0 saturated carbocycles. The highest BCUT2D eigenvalue weighted by Gasteiger charge is 2.23. The Morgan fingerprint density at radius 2 is 1.52 bits per heavy atom. The standard InChI is InChI=1S/C25H24N4O2/c30-23(27-25(20-9-5-2-6-10-20)21-13-16-26-17-14-21)11-12-24(31)29-18-15-22(28-29)19-7-3-1-4-8-19/h1-10,13-14,16-17,25H,11-12,15,18H2,(H,27,30). The predicted octanol–water partition coefficient (Wildman–Crippen LogP) is 3.70. The second kappa shape index (κ2) is 9.80. The molecule has 6 heteroatoms. The molecule has 3 aromatic rings. The van der Waals surface area contributed by atoms with Crippen LogP contribution in [0.3, 0.4) is 0 Å². The van der Waals surface area contributed by atoms with Gasteiger partial charge in [-0.05, 0) is 28.8 Å². The van der Waals surface area contributed by atoms with Gasteiger partial charge in [-0.3, -0.25) is 14.6 Å². The van der Waals surface area contributed by atoms with Crippen molar-refractivity contribution in [2.75, 3.05) is 6.54 Å². The summed E-state index contributed by atoms with van der Waals surface area (Å²) in [6.07, 6.45) is 4.36. The SMILES string of the molecule is O=C(CCC(=O)N1CCC(c2ccccc2)=N1)NC(c1ccccc1)c1ccncc1. The lowest BCUT2D eigenvalue weighted by molar-refractivity contribution is -0.133. The van der Waals surface area contributed by atoms with Gasteiger partial charge in [-0.15, -0.1) is 0 Å². The Kier molecular flexibility index (Phi) is 6.47. The summed E-state index contributed by atoms with van der Waals surface area (Å²) in [5.74, 6) is -0.313. The van der Waals surface area contributed by atoms with Crippen LogP contribution in [0.2, 0.25) is 0 Å². The molecular formula is C25H24N4O2. The first-order valence-corrected chi connectivity index (χ1v) is 10.4. The zero-order valence-corrected chi connectivity index (χ0v) is 17.1. The Morgan fingerprint density at radius 3 is 2.23 bits per heavy atom. The quantitative estimate of drug-likeness (QED) is 0.643. The van der Waals surface area contributed by atoms with Crippen molar-refractivity contribution in [1.29, 1.82) is 0 Å². The fourth-order valence-electron chi connectivity index (χ4n) is 3.61. The average molecular weight is 412 g/mol. The van der Waals surface area contributed by atoms with Crippen molar-refractivity contribution < 1.29 is 9.59 Å². The highest BCUT2D eigenvalue weighted by molar-refractivity contribution is 6.02. The van der Waals surface area contributed by atoms with Gasteiger partial charge in [-0.1, -0.05) is 60.7 Å². The summed E-state index contributed by atoms with van der Waals surface area (Å²) in [7, 11) is 0. The maximum Gasteiger partial charge on any atom is 0.243 e. The molecule has 2 amide bonds. The third kappa shape index (κ3) is 5.22. The molecule has 2 heterocycles. The zero-order chi connectivity index (χ0) is 21.5. The molecule has 2 aromatic carbocycles. The number of carbonyl (C=O) groups excluding carboxylic acids is 2. The van der Waals surface area contributed by atoms with Gasteiger partial charge in [0.25, 0.3) is 0 Å². The lowest BCUT2D eigenvalue weighted by Crippen LogP contribution is -2.31. The molecule has 1 aromatic heterocycles. The van der Waals surface area contributed by atoms with Crippen LogP contribution in [0.1, 0.15) is 42.0 Å². The third-order valence-electron chi connectivity index (χ3n) is 5.24. The van der Waals surface area contributed by atoms with Gasteiger partial charge in [0.05, 0.1) is 18.3 Å². The first-order chi connectivity index (χ1) is 15.2. The number of amides is 2. The minimum Gasteiger partial charge on any atom is -0.345 e. The topological polar surface area (TPSA) is 74.7 Å². The van der Waals surface area contributed by atoms with Crippen LogP contribution in [0.4, 0.5) is 0 Å². The summed E-state index contributed by atoms with van der Waals surface area (Å²) in [5.41, 5.74) is 3.85. The van der Waals surface area contributed by atoms with E-state index in [9.17, 15) is 9.59 Å². The average Bonchev–Trinajstić information content (AvgIpc) is 3.33. The molecule has 4 rings (SSSR count). The number of pyridine rings is 1. The van der Waals surface area contributed by atoms with Gasteiger partial charge in [0.1, 0.15) is 0 Å². The molecule has 0 bridgehead atoms. The van der Waals surface area contributed by atoms with E-state index in [1.54, 1.807) is 12.4 Å². The van der Waals surface area contributed by atoms with E-state index < -0.39 is 0 Å². The van der Waals surface area contributed by atoms with E-state index >= 15 is 0 Å². The van der Waals surface area contributed by atoms with Crippen LogP contribution in [0.5, 0.6) is 0 Å². The van der Waals surface area contributed by atoms with E-state index in [4.69, 9.17) is 0 Å². The van der Waals surface area contributed by atoms with E-state index in [2.05, 4.69) is 15.4 Å². The molecule has 1 aliphatic rings. The Labute approximate surface area is 181 Å². The molecule has 0 radical (unpaired) electrons. The first-order valence-electron chi connectivity index (χ1n) is 10.4. The van der Waals surface area contributed by atoms with Crippen LogP contribution in [0, 0.1) is 0 Å². The lowest BCUT2D eigenvalue weighted by atomic mass is 9.99. The highest BCUT2D eigenvalue weighted by Crippen LogP contribution is 2.22. The van der Waals surface area contributed by atoms with Crippen LogP contribution in [0.15, 0.2) is 90.3 Å². The number of aromatic nitrogens is 1. The minimum atomic E-state index is -0.290. The molecule has 1 atom stereocenters. The van der Waals surface area contributed by atoms with Gasteiger partial charge in [-0.25, -0.2) is 5.01 Å². The zero-order valence-electron chi connectivity index (χ0n) is 17.1. The first kappa shape index (κ1) is 20.5.